The molecule has 106 valence electrons. The van der Waals surface area contributed by atoms with Crippen LogP contribution in [0.3, 0.4) is 0 Å². The molecule has 0 saturated heterocycles. The molecular formula is C13H17F3N2O. The van der Waals surface area contributed by atoms with E-state index in [1.165, 1.54) is 6.07 Å². The van der Waals surface area contributed by atoms with Gasteiger partial charge in [-0.25, -0.2) is 4.98 Å². The Labute approximate surface area is 110 Å². The van der Waals surface area contributed by atoms with Crippen LogP contribution in [0, 0.1) is 11.8 Å². The molecule has 0 amide bonds. The molecule has 0 radical (unpaired) electrons. The lowest BCUT2D eigenvalue weighted by Gasteiger charge is -2.18. The summed E-state index contributed by atoms with van der Waals surface area (Å²) >= 11 is 0. The maximum absolute atomic E-state index is 12.4. The molecule has 1 aromatic rings. The molecule has 2 unspecified atom stereocenters. The molecule has 0 aliphatic heterocycles. The molecule has 1 heterocycles. The average Bonchev–Trinajstić information content (AvgIpc) is 2.83. The Morgan fingerprint density at radius 2 is 2.00 bits per heavy atom. The smallest absolute Gasteiger partial charge is 0.417 e. The minimum Gasteiger partial charge on any atom is -0.477 e. The van der Waals surface area contributed by atoms with E-state index in [0.717, 1.165) is 31.5 Å². The number of ether oxygens (including phenoxy) is 1. The molecular weight excluding hydrogens is 257 g/mol. The van der Waals surface area contributed by atoms with Crippen molar-refractivity contribution >= 4 is 0 Å². The van der Waals surface area contributed by atoms with Crippen molar-refractivity contribution in [3.05, 3.63) is 23.9 Å². The van der Waals surface area contributed by atoms with Gasteiger partial charge in [0.2, 0.25) is 5.88 Å². The number of nitrogens with two attached hydrogens (primary N) is 1. The van der Waals surface area contributed by atoms with Gasteiger partial charge in [-0.3, -0.25) is 0 Å². The Morgan fingerprint density at radius 1 is 1.26 bits per heavy atom. The monoisotopic (exact) mass is 274 g/mol. The van der Waals surface area contributed by atoms with Gasteiger partial charge in [-0.05, 0) is 37.3 Å². The molecule has 1 fully saturated rings. The van der Waals surface area contributed by atoms with Crippen molar-refractivity contribution in [2.24, 2.45) is 17.6 Å². The minimum absolute atomic E-state index is 0.232. The molecule has 1 aromatic heterocycles. The molecule has 1 aliphatic carbocycles. The van der Waals surface area contributed by atoms with Gasteiger partial charge in [-0.2, -0.15) is 13.2 Å². The Bertz CT molecular complexity index is 405. The summed E-state index contributed by atoms with van der Waals surface area (Å²) < 4.78 is 42.5. The van der Waals surface area contributed by atoms with E-state index in [1.807, 2.05) is 0 Å². The van der Waals surface area contributed by atoms with Gasteiger partial charge in [-0.15, -0.1) is 0 Å². The number of rotatable bonds is 4. The highest BCUT2D eigenvalue weighted by molar-refractivity contribution is 5.20. The van der Waals surface area contributed by atoms with Crippen molar-refractivity contribution in [3.63, 3.8) is 0 Å². The van der Waals surface area contributed by atoms with Crippen molar-refractivity contribution in [1.29, 1.82) is 0 Å². The molecule has 6 heteroatoms. The standard InChI is InChI=1S/C13H17F3N2O/c14-13(15,16)11-4-5-12(18-7-11)19-8-10-3-1-2-9(10)6-17/h4-5,7,9-10H,1-3,6,8,17H2. The first kappa shape index (κ1) is 14.1. The molecule has 0 aromatic carbocycles. The zero-order valence-corrected chi connectivity index (χ0v) is 10.5. The Kier molecular flexibility index (Phi) is 4.29. The van der Waals surface area contributed by atoms with E-state index in [1.54, 1.807) is 0 Å². The summed E-state index contributed by atoms with van der Waals surface area (Å²) in [6, 6.07) is 2.24. The van der Waals surface area contributed by atoms with Gasteiger partial charge < -0.3 is 10.5 Å². The molecule has 0 bridgehead atoms. The van der Waals surface area contributed by atoms with E-state index < -0.39 is 11.7 Å². The molecule has 2 rings (SSSR count). The maximum Gasteiger partial charge on any atom is 0.417 e. The van der Waals surface area contributed by atoms with E-state index in [0.29, 0.717) is 25.0 Å². The van der Waals surface area contributed by atoms with Crippen LogP contribution in [0.4, 0.5) is 13.2 Å². The number of aromatic nitrogens is 1. The van der Waals surface area contributed by atoms with Crippen LogP contribution in [0.25, 0.3) is 0 Å². The molecule has 3 nitrogen and oxygen atoms in total. The number of halogens is 3. The lowest BCUT2D eigenvalue weighted by atomic mass is 9.97. The van der Waals surface area contributed by atoms with Gasteiger partial charge in [0, 0.05) is 12.3 Å². The largest absolute Gasteiger partial charge is 0.477 e. The van der Waals surface area contributed by atoms with Gasteiger partial charge in [-0.1, -0.05) is 6.42 Å². The summed E-state index contributed by atoms with van der Waals surface area (Å²) in [7, 11) is 0. The zero-order chi connectivity index (χ0) is 13.9. The summed E-state index contributed by atoms with van der Waals surface area (Å²) in [5, 5.41) is 0. The third-order valence-corrected chi connectivity index (χ3v) is 3.63. The average molecular weight is 274 g/mol. The van der Waals surface area contributed by atoms with Crippen molar-refractivity contribution < 1.29 is 17.9 Å². The van der Waals surface area contributed by atoms with E-state index >= 15 is 0 Å². The number of nitrogens with zero attached hydrogens (tertiary/aromatic N) is 1. The first-order valence-corrected chi connectivity index (χ1v) is 6.37. The van der Waals surface area contributed by atoms with E-state index in [4.69, 9.17) is 10.5 Å². The second-order valence-electron chi connectivity index (χ2n) is 4.88. The van der Waals surface area contributed by atoms with Crippen molar-refractivity contribution in [2.45, 2.75) is 25.4 Å². The Hall–Kier alpha value is -1.30. The summed E-state index contributed by atoms with van der Waals surface area (Å²) in [5.41, 5.74) is 4.90. The van der Waals surface area contributed by atoms with E-state index in [2.05, 4.69) is 4.98 Å². The summed E-state index contributed by atoms with van der Waals surface area (Å²) in [6.07, 6.45) is -0.268. The van der Waals surface area contributed by atoms with Crippen molar-refractivity contribution in [2.75, 3.05) is 13.2 Å². The third kappa shape index (κ3) is 3.59. The van der Waals surface area contributed by atoms with Crippen LogP contribution < -0.4 is 10.5 Å². The van der Waals surface area contributed by atoms with Crippen LogP contribution in [-0.4, -0.2) is 18.1 Å². The first-order valence-electron chi connectivity index (χ1n) is 6.37. The second-order valence-corrected chi connectivity index (χ2v) is 4.88. The Balaban J connectivity index is 1.90. The van der Waals surface area contributed by atoms with Gasteiger partial charge in [0.15, 0.2) is 0 Å². The second kappa shape index (κ2) is 5.77. The van der Waals surface area contributed by atoms with E-state index in [-0.39, 0.29) is 5.88 Å². The van der Waals surface area contributed by atoms with Crippen LogP contribution in [0.1, 0.15) is 24.8 Å². The van der Waals surface area contributed by atoms with Crippen LogP contribution >= 0.6 is 0 Å². The zero-order valence-electron chi connectivity index (χ0n) is 10.5. The lowest BCUT2D eigenvalue weighted by Crippen LogP contribution is -2.23. The van der Waals surface area contributed by atoms with Gasteiger partial charge >= 0.3 is 6.18 Å². The fourth-order valence-corrected chi connectivity index (χ4v) is 2.47. The minimum atomic E-state index is -4.36. The normalized spacial score (nSPS) is 23.6. The first-order chi connectivity index (χ1) is 9.00. The fourth-order valence-electron chi connectivity index (χ4n) is 2.47. The SMILES string of the molecule is NCC1CCCC1COc1ccc(C(F)(F)F)cn1. The van der Waals surface area contributed by atoms with E-state index in [9.17, 15) is 13.2 Å². The fraction of sp³-hybridized carbons (Fsp3) is 0.615. The van der Waals surface area contributed by atoms with Gasteiger partial charge in [0.05, 0.1) is 12.2 Å². The van der Waals surface area contributed by atoms with Crippen molar-refractivity contribution in [1.82, 2.24) is 4.98 Å². The van der Waals surface area contributed by atoms with Crippen molar-refractivity contribution in [3.8, 4) is 5.88 Å². The number of pyridine rings is 1. The molecule has 19 heavy (non-hydrogen) atoms. The number of hydrogen-bond donors (Lipinski definition) is 1. The van der Waals surface area contributed by atoms with Gasteiger partial charge in [0.1, 0.15) is 0 Å². The van der Waals surface area contributed by atoms with Crippen LogP contribution in [0.5, 0.6) is 5.88 Å². The predicted molar refractivity (Wildman–Crippen MR) is 64.6 cm³/mol. The maximum atomic E-state index is 12.4. The predicted octanol–water partition coefficient (Wildman–Crippen LogP) is 2.85. The van der Waals surface area contributed by atoms with Crippen LogP contribution in [0.15, 0.2) is 18.3 Å². The topological polar surface area (TPSA) is 48.1 Å². The molecule has 1 aliphatic rings. The van der Waals surface area contributed by atoms with Crippen LogP contribution in [-0.2, 0) is 6.18 Å². The number of hydrogen-bond acceptors (Lipinski definition) is 3. The summed E-state index contributed by atoms with van der Waals surface area (Å²) in [6.45, 7) is 1.11. The number of alkyl halides is 3. The summed E-state index contributed by atoms with van der Waals surface area (Å²) in [5.74, 6) is 1.07. The molecule has 2 N–H and O–H groups in total. The molecule has 0 spiro atoms. The summed E-state index contributed by atoms with van der Waals surface area (Å²) in [4.78, 5) is 3.68. The van der Waals surface area contributed by atoms with Gasteiger partial charge in [0.25, 0.3) is 0 Å². The van der Waals surface area contributed by atoms with Crippen LogP contribution in [0.2, 0.25) is 0 Å². The quantitative estimate of drug-likeness (QED) is 0.918. The molecule has 1 saturated carbocycles. The highest BCUT2D eigenvalue weighted by Crippen LogP contribution is 2.32. The lowest BCUT2D eigenvalue weighted by molar-refractivity contribution is -0.137. The highest BCUT2D eigenvalue weighted by Gasteiger charge is 2.31. The highest BCUT2D eigenvalue weighted by atomic mass is 19.4. The molecule has 2 atom stereocenters. The third-order valence-electron chi connectivity index (χ3n) is 3.63. The Morgan fingerprint density at radius 3 is 2.58 bits per heavy atom.